The van der Waals surface area contributed by atoms with E-state index < -0.39 is 11.1 Å². The maximum atomic E-state index is 13.4. The average Bonchev–Trinajstić information content (AvgIpc) is 3.28. The fourth-order valence-electron chi connectivity index (χ4n) is 4.19. The molecular weight excluding hydrogens is 438 g/mol. The first-order valence-electron chi connectivity index (χ1n) is 10.1. The van der Waals surface area contributed by atoms with Crippen molar-refractivity contribution in [3.63, 3.8) is 0 Å². The zero-order valence-electron chi connectivity index (χ0n) is 17.0. The Bertz CT molecular complexity index is 1390. The Kier molecular flexibility index (Phi) is 4.99. The number of halogens is 1. The molecule has 0 radical (unpaired) electrons. The van der Waals surface area contributed by atoms with Gasteiger partial charge in [-0.15, -0.1) is 0 Å². The van der Waals surface area contributed by atoms with Gasteiger partial charge in [-0.05, 0) is 50.5 Å². The highest BCUT2D eigenvalue weighted by Crippen LogP contribution is 2.43. The monoisotopic (exact) mass is 458 g/mol. The molecule has 10 heteroatoms. The molecule has 0 spiro atoms. The van der Waals surface area contributed by atoms with E-state index in [4.69, 9.17) is 16.6 Å². The summed E-state index contributed by atoms with van der Waals surface area (Å²) < 4.78 is 27.6. The van der Waals surface area contributed by atoms with Crippen molar-refractivity contribution in [3.05, 3.63) is 58.0 Å². The smallest absolute Gasteiger partial charge is 0.330 e. The molecule has 1 aliphatic rings. The van der Waals surface area contributed by atoms with E-state index in [0.29, 0.717) is 23.8 Å². The Labute approximate surface area is 185 Å². The molecule has 5 rings (SSSR count). The first-order chi connectivity index (χ1) is 14.9. The molecule has 0 amide bonds. The molecule has 3 aromatic heterocycles. The molecular formula is C21H21ClN5O3S-. The predicted octanol–water partition coefficient (Wildman–Crippen LogP) is 3.03. The summed E-state index contributed by atoms with van der Waals surface area (Å²) in [6.07, 6.45) is 5.81. The number of hydrogen-bond acceptors (Lipinski definition) is 5. The minimum absolute atomic E-state index is 0.0637. The van der Waals surface area contributed by atoms with Gasteiger partial charge in [0.2, 0.25) is 0 Å². The molecule has 0 N–H and O–H groups in total. The topological polar surface area (TPSA) is 97.8 Å². The van der Waals surface area contributed by atoms with Crippen LogP contribution in [0.15, 0.2) is 41.5 Å². The van der Waals surface area contributed by atoms with Crippen molar-refractivity contribution in [2.75, 3.05) is 5.75 Å². The number of benzene rings is 1. The van der Waals surface area contributed by atoms with Gasteiger partial charge in [0.05, 0.1) is 34.8 Å². The lowest BCUT2D eigenvalue weighted by atomic mass is 10.3. The van der Waals surface area contributed by atoms with Crippen LogP contribution in [0.5, 0.6) is 0 Å². The van der Waals surface area contributed by atoms with E-state index in [9.17, 15) is 13.6 Å². The van der Waals surface area contributed by atoms with Crippen molar-refractivity contribution in [1.82, 2.24) is 23.7 Å². The molecule has 1 aromatic carbocycles. The quantitative estimate of drug-likeness (QED) is 0.396. The predicted molar refractivity (Wildman–Crippen MR) is 119 cm³/mol. The molecule has 1 atom stereocenters. The number of aryl methyl sites for hydroxylation is 1. The Balaban J connectivity index is 1.63. The molecule has 0 saturated heterocycles. The maximum absolute atomic E-state index is 13.4. The van der Waals surface area contributed by atoms with Crippen molar-refractivity contribution in [2.45, 2.75) is 44.8 Å². The Morgan fingerprint density at radius 3 is 2.74 bits per heavy atom. The summed E-state index contributed by atoms with van der Waals surface area (Å²) in [5.41, 5.74) is 2.97. The third-order valence-electron chi connectivity index (χ3n) is 6.03. The largest absolute Gasteiger partial charge is 0.772 e. The van der Waals surface area contributed by atoms with Crippen molar-refractivity contribution < 1.29 is 8.76 Å². The van der Waals surface area contributed by atoms with Gasteiger partial charge < -0.3 is 9.12 Å². The van der Waals surface area contributed by atoms with Crippen LogP contribution in [0, 0.1) is 0 Å². The minimum Gasteiger partial charge on any atom is -0.772 e. The van der Waals surface area contributed by atoms with E-state index in [2.05, 4.69) is 11.9 Å². The van der Waals surface area contributed by atoms with Crippen LogP contribution in [-0.4, -0.2) is 38.2 Å². The van der Waals surface area contributed by atoms with Crippen LogP contribution in [0.25, 0.3) is 22.1 Å². The highest BCUT2D eigenvalue weighted by Gasteiger charge is 2.42. The minimum atomic E-state index is -2.10. The van der Waals surface area contributed by atoms with E-state index in [-0.39, 0.29) is 23.5 Å². The molecule has 1 unspecified atom stereocenters. The van der Waals surface area contributed by atoms with Gasteiger partial charge in [-0.1, -0.05) is 22.7 Å². The van der Waals surface area contributed by atoms with Crippen LogP contribution in [0.2, 0.25) is 5.02 Å². The second kappa shape index (κ2) is 7.58. The molecule has 8 nitrogen and oxygen atoms in total. The fraction of sp³-hybridized carbons (Fsp3) is 0.381. The van der Waals surface area contributed by atoms with Gasteiger partial charge in [-0.3, -0.25) is 18.3 Å². The summed E-state index contributed by atoms with van der Waals surface area (Å²) in [4.78, 5) is 22.4. The van der Waals surface area contributed by atoms with Crippen molar-refractivity contribution in [2.24, 2.45) is 0 Å². The first-order valence-corrected chi connectivity index (χ1v) is 11.8. The van der Waals surface area contributed by atoms with Gasteiger partial charge in [0, 0.05) is 29.1 Å². The highest BCUT2D eigenvalue weighted by atomic mass is 35.5. The number of pyridine rings is 1. The van der Waals surface area contributed by atoms with Gasteiger partial charge in [0.1, 0.15) is 5.82 Å². The van der Waals surface area contributed by atoms with Gasteiger partial charge >= 0.3 is 5.69 Å². The number of aromatic nitrogens is 5. The van der Waals surface area contributed by atoms with E-state index in [1.807, 2.05) is 21.3 Å². The first kappa shape index (κ1) is 20.4. The number of nitrogens with zero attached hydrogens (tertiary/aromatic N) is 5. The van der Waals surface area contributed by atoms with Crippen LogP contribution in [0.1, 0.15) is 32.0 Å². The van der Waals surface area contributed by atoms with Crippen molar-refractivity contribution >= 4 is 44.7 Å². The van der Waals surface area contributed by atoms with E-state index in [1.54, 1.807) is 29.1 Å². The molecule has 31 heavy (non-hydrogen) atoms. The SMILES string of the molecule is CC1(n2c(=O)n(Cc3nc4cc(Cl)ccc4n3CCCS(=O)[O-])c3cnccc32)CC1. The number of rotatable bonds is 7. The lowest BCUT2D eigenvalue weighted by Crippen LogP contribution is -2.31. The van der Waals surface area contributed by atoms with Gasteiger partial charge in [0.25, 0.3) is 0 Å². The molecule has 1 fully saturated rings. The third kappa shape index (κ3) is 3.60. The van der Waals surface area contributed by atoms with Crippen LogP contribution < -0.4 is 5.69 Å². The summed E-state index contributed by atoms with van der Waals surface area (Å²) >= 11 is 4.05. The number of imidazole rings is 2. The molecule has 1 aliphatic carbocycles. The van der Waals surface area contributed by atoms with Crippen LogP contribution in [-0.2, 0) is 29.7 Å². The average molecular weight is 459 g/mol. The van der Waals surface area contributed by atoms with Gasteiger partial charge in [-0.2, -0.15) is 0 Å². The third-order valence-corrected chi connectivity index (χ3v) is 6.88. The second-order valence-electron chi connectivity index (χ2n) is 8.24. The Morgan fingerprint density at radius 2 is 2.00 bits per heavy atom. The normalized spacial score (nSPS) is 16.2. The molecule has 1 saturated carbocycles. The number of hydrogen-bond donors (Lipinski definition) is 0. The summed E-state index contributed by atoms with van der Waals surface area (Å²) in [6, 6.07) is 7.32. The van der Waals surface area contributed by atoms with E-state index in [0.717, 1.165) is 34.9 Å². The second-order valence-corrected chi connectivity index (χ2v) is 9.69. The standard InChI is InChI=1S/C21H22ClN5O3S/c1-21(6-7-21)27-17-5-8-23-12-18(17)26(20(27)28)13-19-24-15-11-14(22)3-4-16(15)25(19)9-2-10-31(29)30/h3-5,8,11-12H,2,6-7,9-10,13H2,1H3,(H,29,30)/p-1. The highest BCUT2D eigenvalue weighted by molar-refractivity contribution is 7.79. The van der Waals surface area contributed by atoms with Gasteiger partial charge in [-0.25, -0.2) is 9.78 Å². The van der Waals surface area contributed by atoms with Crippen LogP contribution >= 0.6 is 11.6 Å². The van der Waals surface area contributed by atoms with Crippen molar-refractivity contribution in [1.29, 1.82) is 0 Å². The van der Waals surface area contributed by atoms with Crippen molar-refractivity contribution in [3.8, 4) is 0 Å². The number of fused-ring (bicyclic) bond motifs is 2. The lowest BCUT2D eigenvalue weighted by Gasteiger charge is -2.11. The summed E-state index contributed by atoms with van der Waals surface area (Å²) in [6.45, 7) is 2.83. The van der Waals surface area contributed by atoms with Crippen LogP contribution in [0.4, 0.5) is 0 Å². The Morgan fingerprint density at radius 1 is 1.19 bits per heavy atom. The molecule has 0 aliphatic heterocycles. The zero-order valence-corrected chi connectivity index (χ0v) is 18.5. The molecule has 3 heterocycles. The lowest BCUT2D eigenvalue weighted by molar-refractivity contribution is 0.511. The fourth-order valence-corrected chi connectivity index (χ4v) is 4.72. The zero-order chi connectivity index (χ0) is 21.8. The molecule has 162 valence electrons. The van der Waals surface area contributed by atoms with Gasteiger partial charge in [0.15, 0.2) is 0 Å². The molecule has 4 aromatic rings. The Hall–Kier alpha value is -2.49. The summed E-state index contributed by atoms with van der Waals surface area (Å²) in [5, 5.41) is 0.573. The van der Waals surface area contributed by atoms with E-state index >= 15 is 0 Å². The maximum Gasteiger partial charge on any atom is 0.330 e. The molecule has 0 bridgehead atoms. The van der Waals surface area contributed by atoms with Crippen LogP contribution in [0.3, 0.4) is 0 Å². The summed E-state index contributed by atoms with van der Waals surface area (Å²) in [5.74, 6) is 0.744. The van der Waals surface area contributed by atoms with E-state index in [1.165, 1.54) is 0 Å². The summed E-state index contributed by atoms with van der Waals surface area (Å²) in [7, 11) is 0.